The van der Waals surface area contributed by atoms with Crippen LogP contribution in [-0.2, 0) is 5.41 Å². The van der Waals surface area contributed by atoms with E-state index in [2.05, 4.69) is 97.9 Å². The highest BCUT2D eigenvalue weighted by molar-refractivity contribution is 6.11. The van der Waals surface area contributed by atoms with Crippen molar-refractivity contribution in [3.63, 3.8) is 0 Å². The molecule has 12 rings (SSSR count). The van der Waals surface area contributed by atoms with Crippen LogP contribution < -0.4 is 0 Å². The molecule has 4 nitrogen and oxygen atoms in total. The van der Waals surface area contributed by atoms with Crippen LogP contribution in [-0.4, -0.2) is 15.0 Å². The fourth-order valence-corrected chi connectivity index (χ4v) is 10.7. The van der Waals surface area contributed by atoms with Gasteiger partial charge in [0.25, 0.3) is 0 Å². The lowest BCUT2D eigenvalue weighted by atomic mass is 9.43. The molecule has 7 aromatic rings. The van der Waals surface area contributed by atoms with Crippen molar-refractivity contribution in [2.24, 2.45) is 23.7 Å². The Morgan fingerprint density at radius 2 is 1.19 bits per heavy atom. The first kappa shape index (κ1) is 26.9. The van der Waals surface area contributed by atoms with E-state index in [4.69, 9.17) is 19.4 Å². The third-order valence-corrected chi connectivity index (χ3v) is 12.4. The molecule has 232 valence electrons. The van der Waals surface area contributed by atoms with Gasteiger partial charge in [0.15, 0.2) is 17.5 Å². The van der Waals surface area contributed by atoms with E-state index in [9.17, 15) is 0 Å². The predicted octanol–water partition coefficient (Wildman–Crippen LogP) is 10.8. The SMILES string of the molecule is Cc1ccc(-c2nc(-c3ccccc3)nc(-c3ccc4c(c3)-c3ccc5oc6ccccc6c5c3C43C4CC5CC(C4)CC3C5)n2)cc1. The fourth-order valence-electron chi connectivity index (χ4n) is 10.7. The van der Waals surface area contributed by atoms with E-state index in [0.29, 0.717) is 29.3 Å². The lowest BCUT2D eigenvalue weighted by Gasteiger charge is -2.61. The summed E-state index contributed by atoms with van der Waals surface area (Å²) >= 11 is 0. The summed E-state index contributed by atoms with van der Waals surface area (Å²) in [5, 5.41) is 2.58. The van der Waals surface area contributed by atoms with Crippen molar-refractivity contribution in [2.75, 3.05) is 0 Å². The highest BCUT2D eigenvalue weighted by Crippen LogP contribution is 2.70. The van der Waals surface area contributed by atoms with Gasteiger partial charge in [-0.2, -0.15) is 0 Å². The van der Waals surface area contributed by atoms with Crippen molar-refractivity contribution in [2.45, 2.75) is 44.4 Å². The lowest BCUT2D eigenvalue weighted by Crippen LogP contribution is -2.55. The van der Waals surface area contributed by atoms with Gasteiger partial charge < -0.3 is 4.42 Å². The van der Waals surface area contributed by atoms with Crippen molar-refractivity contribution >= 4 is 21.9 Å². The molecule has 0 atom stereocenters. The molecule has 2 heterocycles. The first-order valence-electron chi connectivity index (χ1n) is 17.6. The number of hydrogen-bond donors (Lipinski definition) is 0. The molecular weight excluding hydrogens is 587 g/mol. The number of nitrogens with zero attached hydrogens (tertiary/aromatic N) is 3. The Morgan fingerprint density at radius 1 is 0.562 bits per heavy atom. The van der Waals surface area contributed by atoms with Crippen LogP contribution >= 0.6 is 0 Å². The summed E-state index contributed by atoms with van der Waals surface area (Å²) in [4.78, 5) is 15.2. The largest absolute Gasteiger partial charge is 0.456 e. The summed E-state index contributed by atoms with van der Waals surface area (Å²) in [5.74, 6) is 5.19. The van der Waals surface area contributed by atoms with E-state index in [0.717, 1.165) is 39.7 Å². The van der Waals surface area contributed by atoms with Crippen LogP contribution in [0, 0.1) is 30.6 Å². The quantitative estimate of drug-likeness (QED) is 0.197. The summed E-state index contributed by atoms with van der Waals surface area (Å²) in [6, 6.07) is 39.1. The molecule has 2 aromatic heterocycles. The number of benzene rings is 5. The van der Waals surface area contributed by atoms with Crippen molar-refractivity contribution in [3.8, 4) is 45.3 Å². The predicted molar refractivity (Wildman–Crippen MR) is 191 cm³/mol. The summed E-state index contributed by atoms with van der Waals surface area (Å²) in [5.41, 5.74) is 12.0. The molecule has 4 bridgehead atoms. The second kappa shape index (κ2) is 9.73. The molecule has 4 heteroatoms. The van der Waals surface area contributed by atoms with Gasteiger partial charge in [-0.15, -0.1) is 0 Å². The molecule has 0 aliphatic heterocycles. The lowest BCUT2D eigenvalue weighted by molar-refractivity contribution is -0.0393. The van der Waals surface area contributed by atoms with Gasteiger partial charge in [-0.25, -0.2) is 15.0 Å². The zero-order valence-corrected chi connectivity index (χ0v) is 27.0. The Kier molecular flexibility index (Phi) is 5.46. The number of furan rings is 1. The first-order chi connectivity index (χ1) is 23.6. The van der Waals surface area contributed by atoms with Gasteiger partial charge in [0.2, 0.25) is 0 Å². The second-order valence-corrected chi connectivity index (χ2v) is 14.9. The maximum atomic E-state index is 6.55. The molecule has 5 aliphatic carbocycles. The molecule has 5 aliphatic rings. The number of rotatable bonds is 3. The molecule has 48 heavy (non-hydrogen) atoms. The van der Waals surface area contributed by atoms with Crippen LogP contribution in [0.3, 0.4) is 0 Å². The van der Waals surface area contributed by atoms with Crippen LogP contribution in [0.1, 0.15) is 48.8 Å². The van der Waals surface area contributed by atoms with E-state index < -0.39 is 0 Å². The van der Waals surface area contributed by atoms with Crippen LogP contribution in [0.15, 0.2) is 114 Å². The standard InChI is InChI=1S/C44H35N3O/c1-25-11-13-29(14-12-25)42-45-41(28-7-3-2-4-8-28)46-43(47-42)30-15-17-36-35(24-30)33-16-18-38-39(34-9-5-6-10-37(34)48-38)40(33)44(36)31-20-26-19-27(22-31)23-32(44)21-26/h2-18,24,26-27,31-32H,19-23H2,1H3. The van der Waals surface area contributed by atoms with Gasteiger partial charge in [0, 0.05) is 32.9 Å². The van der Waals surface area contributed by atoms with Crippen molar-refractivity contribution in [1.82, 2.24) is 15.0 Å². The van der Waals surface area contributed by atoms with Gasteiger partial charge >= 0.3 is 0 Å². The Morgan fingerprint density at radius 3 is 1.92 bits per heavy atom. The second-order valence-electron chi connectivity index (χ2n) is 14.9. The van der Waals surface area contributed by atoms with Gasteiger partial charge in [-0.3, -0.25) is 0 Å². The number of aromatic nitrogens is 3. The molecule has 0 amide bonds. The van der Waals surface area contributed by atoms with Crippen LogP contribution in [0.4, 0.5) is 0 Å². The molecule has 4 fully saturated rings. The average Bonchev–Trinajstić information content (AvgIpc) is 3.64. The minimum atomic E-state index is 0.0180. The maximum absolute atomic E-state index is 6.55. The molecule has 0 unspecified atom stereocenters. The van der Waals surface area contributed by atoms with Gasteiger partial charge in [0.05, 0.1) is 0 Å². The molecule has 0 saturated heterocycles. The third-order valence-electron chi connectivity index (χ3n) is 12.4. The molecule has 5 aromatic carbocycles. The number of aryl methyl sites for hydroxylation is 1. The van der Waals surface area contributed by atoms with Gasteiger partial charge in [-0.1, -0.05) is 96.6 Å². The van der Waals surface area contributed by atoms with E-state index in [-0.39, 0.29) is 5.41 Å². The highest BCUT2D eigenvalue weighted by Gasteiger charge is 2.62. The molecule has 0 radical (unpaired) electrons. The minimum Gasteiger partial charge on any atom is -0.456 e. The molecule has 4 saturated carbocycles. The Labute approximate surface area is 279 Å². The topological polar surface area (TPSA) is 51.8 Å². The van der Waals surface area contributed by atoms with Crippen LogP contribution in [0.2, 0.25) is 0 Å². The van der Waals surface area contributed by atoms with Crippen molar-refractivity contribution in [3.05, 3.63) is 126 Å². The Hall–Kier alpha value is -5.09. The molecular formula is C44H35N3O. The van der Waals surface area contributed by atoms with Crippen LogP contribution in [0.5, 0.6) is 0 Å². The molecule has 0 N–H and O–H groups in total. The zero-order chi connectivity index (χ0) is 31.6. The summed E-state index contributed by atoms with van der Waals surface area (Å²) in [6.45, 7) is 2.11. The number of para-hydroxylation sites is 1. The smallest absolute Gasteiger partial charge is 0.164 e. The average molecular weight is 622 g/mol. The van der Waals surface area contributed by atoms with E-state index in [1.165, 1.54) is 70.7 Å². The maximum Gasteiger partial charge on any atom is 0.164 e. The van der Waals surface area contributed by atoms with Crippen molar-refractivity contribution in [1.29, 1.82) is 0 Å². The monoisotopic (exact) mass is 621 g/mol. The summed E-state index contributed by atoms with van der Waals surface area (Å²) < 4.78 is 6.55. The van der Waals surface area contributed by atoms with Crippen LogP contribution in [0.25, 0.3) is 67.2 Å². The zero-order valence-electron chi connectivity index (χ0n) is 27.0. The van der Waals surface area contributed by atoms with Gasteiger partial charge in [-0.05, 0) is 103 Å². The molecule has 1 spiro atoms. The highest BCUT2D eigenvalue weighted by atomic mass is 16.3. The minimum absolute atomic E-state index is 0.0180. The number of fused-ring (bicyclic) bond motifs is 7. The van der Waals surface area contributed by atoms with Gasteiger partial charge in [0.1, 0.15) is 11.2 Å². The number of hydrogen-bond acceptors (Lipinski definition) is 4. The van der Waals surface area contributed by atoms with E-state index >= 15 is 0 Å². The van der Waals surface area contributed by atoms with E-state index in [1.54, 1.807) is 0 Å². The summed E-state index contributed by atoms with van der Waals surface area (Å²) in [7, 11) is 0. The normalized spacial score (nSPS) is 24.9. The first-order valence-corrected chi connectivity index (χ1v) is 17.6. The van der Waals surface area contributed by atoms with E-state index in [1.807, 2.05) is 18.2 Å². The Bertz CT molecular complexity index is 2390. The Balaban J connectivity index is 1.16. The third kappa shape index (κ3) is 3.63. The fraction of sp³-hybridized carbons (Fsp3) is 0.250. The summed E-state index contributed by atoms with van der Waals surface area (Å²) in [6.07, 6.45) is 6.80. The van der Waals surface area contributed by atoms with Crippen molar-refractivity contribution < 1.29 is 4.42 Å².